The summed E-state index contributed by atoms with van der Waals surface area (Å²) >= 11 is 1.45. The second-order valence-electron chi connectivity index (χ2n) is 6.88. The fraction of sp³-hybridized carbons (Fsp3) is 0.200. The lowest BCUT2D eigenvalue weighted by Crippen LogP contribution is -2.34. The Bertz CT molecular complexity index is 1180. The standard InChI is InChI=1S/C20H18N2O4S2/c1-12-8-16-9-13(6-7-18(16)22(12)28(2,25)26)17-11-27-19(21-17)14-4-3-5-15(10-14)20(23)24/h3-7,9-12H,8H2,1-2H3,(H,23,24). The summed E-state index contributed by atoms with van der Waals surface area (Å²) in [4.78, 5) is 15.8. The second kappa shape index (κ2) is 6.72. The van der Waals surface area contributed by atoms with Gasteiger partial charge in [0.1, 0.15) is 5.01 Å². The van der Waals surface area contributed by atoms with Gasteiger partial charge in [-0.1, -0.05) is 18.2 Å². The number of hydrogen-bond acceptors (Lipinski definition) is 5. The highest BCUT2D eigenvalue weighted by Crippen LogP contribution is 2.37. The van der Waals surface area contributed by atoms with Gasteiger partial charge in [-0.2, -0.15) is 0 Å². The van der Waals surface area contributed by atoms with Crippen molar-refractivity contribution in [1.29, 1.82) is 0 Å². The zero-order chi connectivity index (χ0) is 20.1. The minimum Gasteiger partial charge on any atom is -0.478 e. The Morgan fingerprint density at radius 3 is 2.71 bits per heavy atom. The van der Waals surface area contributed by atoms with Crippen LogP contribution < -0.4 is 4.31 Å². The van der Waals surface area contributed by atoms with Crippen molar-refractivity contribution in [2.45, 2.75) is 19.4 Å². The molecule has 1 N–H and O–H groups in total. The normalized spacial score (nSPS) is 16.2. The fourth-order valence-electron chi connectivity index (χ4n) is 3.59. The lowest BCUT2D eigenvalue weighted by Gasteiger charge is -2.21. The number of sulfonamides is 1. The molecule has 1 atom stereocenters. The van der Waals surface area contributed by atoms with E-state index in [-0.39, 0.29) is 11.6 Å². The molecular weight excluding hydrogens is 396 g/mol. The van der Waals surface area contributed by atoms with Gasteiger partial charge in [-0.05, 0) is 43.2 Å². The van der Waals surface area contributed by atoms with Crippen molar-refractivity contribution in [2.75, 3.05) is 10.6 Å². The highest BCUT2D eigenvalue weighted by molar-refractivity contribution is 7.92. The molecule has 1 aliphatic rings. The van der Waals surface area contributed by atoms with Crippen LogP contribution in [0.2, 0.25) is 0 Å². The van der Waals surface area contributed by atoms with Crippen LogP contribution in [0.3, 0.4) is 0 Å². The third kappa shape index (κ3) is 3.29. The molecule has 144 valence electrons. The molecule has 0 saturated heterocycles. The highest BCUT2D eigenvalue weighted by atomic mass is 32.2. The van der Waals surface area contributed by atoms with E-state index in [4.69, 9.17) is 5.11 Å². The van der Waals surface area contributed by atoms with Gasteiger partial charge in [0, 0.05) is 22.5 Å². The Labute approximate surface area is 167 Å². The number of rotatable bonds is 4. The molecule has 0 spiro atoms. The van der Waals surface area contributed by atoms with Crippen molar-refractivity contribution < 1.29 is 18.3 Å². The lowest BCUT2D eigenvalue weighted by atomic mass is 10.1. The fourth-order valence-corrected chi connectivity index (χ4v) is 5.68. The van der Waals surface area contributed by atoms with E-state index in [1.54, 1.807) is 18.2 Å². The molecule has 4 rings (SSSR count). The van der Waals surface area contributed by atoms with Crippen molar-refractivity contribution in [1.82, 2.24) is 4.98 Å². The first-order valence-electron chi connectivity index (χ1n) is 8.66. The van der Waals surface area contributed by atoms with Crippen molar-refractivity contribution in [3.05, 3.63) is 59.0 Å². The van der Waals surface area contributed by atoms with E-state index in [9.17, 15) is 13.2 Å². The van der Waals surface area contributed by atoms with E-state index in [0.29, 0.717) is 6.42 Å². The number of thiazole rings is 1. The number of hydrogen-bond donors (Lipinski definition) is 1. The van der Waals surface area contributed by atoms with Crippen LogP contribution in [0.25, 0.3) is 21.8 Å². The van der Waals surface area contributed by atoms with E-state index in [1.807, 2.05) is 36.6 Å². The number of carboxylic acids is 1. The number of fused-ring (bicyclic) bond motifs is 1. The summed E-state index contributed by atoms with van der Waals surface area (Å²) in [5.74, 6) is -0.971. The summed E-state index contributed by atoms with van der Waals surface area (Å²) in [7, 11) is -3.31. The SMILES string of the molecule is CC1Cc2cc(-c3csc(-c4cccc(C(=O)O)c4)n3)ccc2N1S(C)(=O)=O. The van der Waals surface area contributed by atoms with E-state index < -0.39 is 16.0 Å². The van der Waals surface area contributed by atoms with Crippen molar-refractivity contribution >= 4 is 33.0 Å². The molecule has 1 aliphatic heterocycles. The van der Waals surface area contributed by atoms with Crippen molar-refractivity contribution in [3.8, 4) is 21.8 Å². The van der Waals surface area contributed by atoms with Crippen LogP contribution >= 0.6 is 11.3 Å². The Kier molecular flexibility index (Phi) is 4.47. The molecule has 1 unspecified atom stereocenters. The quantitative estimate of drug-likeness (QED) is 0.700. The molecule has 0 fully saturated rings. The topological polar surface area (TPSA) is 87.6 Å². The van der Waals surface area contributed by atoms with Gasteiger partial charge in [-0.25, -0.2) is 18.2 Å². The molecule has 0 radical (unpaired) electrons. The van der Waals surface area contributed by atoms with Crippen molar-refractivity contribution in [3.63, 3.8) is 0 Å². The number of carbonyl (C=O) groups is 1. The van der Waals surface area contributed by atoms with Crippen LogP contribution in [-0.2, 0) is 16.4 Å². The average Bonchev–Trinajstić information content (AvgIpc) is 3.24. The summed E-state index contributed by atoms with van der Waals surface area (Å²) in [6.45, 7) is 1.90. The smallest absolute Gasteiger partial charge is 0.335 e. The van der Waals surface area contributed by atoms with E-state index in [0.717, 1.165) is 33.1 Å². The van der Waals surface area contributed by atoms with Crippen LogP contribution in [0, 0.1) is 0 Å². The van der Waals surface area contributed by atoms with Gasteiger partial charge in [-0.15, -0.1) is 11.3 Å². The highest BCUT2D eigenvalue weighted by Gasteiger charge is 2.32. The number of aromatic nitrogens is 1. The summed E-state index contributed by atoms with van der Waals surface area (Å²) in [5, 5.41) is 11.8. The maximum Gasteiger partial charge on any atom is 0.335 e. The average molecular weight is 415 g/mol. The Hall–Kier alpha value is -2.71. The molecule has 0 amide bonds. The van der Waals surface area contributed by atoms with Crippen LogP contribution in [0.5, 0.6) is 0 Å². The third-order valence-electron chi connectivity index (χ3n) is 4.75. The van der Waals surface area contributed by atoms with Crippen LogP contribution in [0.1, 0.15) is 22.8 Å². The second-order valence-corrected chi connectivity index (χ2v) is 9.60. The van der Waals surface area contributed by atoms with E-state index >= 15 is 0 Å². The zero-order valence-electron chi connectivity index (χ0n) is 15.3. The summed E-state index contributed by atoms with van der Waals surface area (Å²) in [5.41, 5.74) is 4.39. The Morgan fingerprint density at radius 2 is 2.00 bits per heavy atom. The predicted octanol–water partition coefficient (Wildman–Crippen LogP) is 3.89. The zero-order valence-corrected chi connectivity index (χ0v) is 16.9. The van der Waals surface area contributed by atoms with Gasteiger partial charge >= 0.3 is 5.97 Å². The lowest BCUT2D eigenvalue weighted by molar-refractivity contribution is 0.0697. The van der Waals surface area contributed by atoms with Gasteiger partial charge in [0.2, 0.25) is 10.0 Å². The first-order chi connectivity index (χ1) is 13.2. The monoisotopic (exact) mass is 414 g/mol. The van der Waals surface area contributed by atoms with Crippen LogP contribution in [0.4, 0.5) is 5.69 Å². The number of anilines is 1. The molecule has 0 aliphatic carbocycles. The van der Waals surface area contributed by atoms with Gasteiger partial charge in [-0.3, -0.25) is 4.31 Å². The van der Waals surface area contributed by atoms with Gasteiger partial charge in [0.05, 0.1) is 23.2 Å². The molecule has 0 bridgehead atoms. The van der Waals surface area contributed by atoms with E-state index in [2.05, 4.69) is 4.98 Å². The van der Waals surface area contributed by atoms with Crippen LogP contribution in [-0.4, -0.2) is 36.8 Å². The third-order valence-corrected chi connectivity index (χ3v) is 6.91. The number of carboxylic acid groups (broad SMARTS) is 1. The molecule has 6 nitrogen and oxygen atoms in total. The molecular formula is C20H18N2O4S2. The first kappa shape index (κ1) is 18.6. The maximum absolute atomic E-state index is 12.1. The summed E-state index contributed by atoms with van der Waals surface area (Å²) in [6, 6.07) is 12.3. The number of aromatic carboxylic acids is 1. The molecule has 1 aromatic heterocycles. The molecule has 28 heavy (non-hydrogen) atoms. The van der Waals surface area contributed by atoms with Gasteiger partial charge < -0.3 is 5.11 Å². The minimum absolute atomic E-state index is 0.106. The molecule has 2 heterocycles. The molecule has 3 aromatic rings. The first-order valence-corrected chi connectivity index (χ1v) is 11.4. The molecule has 0 saturated carbocycles. The van der Waals surface area contributed by atoms with Crippen molar-refractivity contribution in [2.24, 2.45) is 0 Å². The number of nitrogens with zero attached hydrogens (tertiary/aromatic N) is 2. The molecule has 8 heteroatoms. The summed E-state index contributed by atoms with van der Waals surface area (Å²) < 4.78 is 25.6. The molecule has 2 aromatic carbocycles. The van der Waals surface area contributed by atoms with Gasteiger partial charge in [0.15, 0.2) is 0 Å². The predicted molar refractivity (Wildman–Crippen MR) is 110 cm³/mol. The Balaban J connectivity index is 1.68. The largest absolute Gasteiger partial charge is 0.478 e. The minimum atomic E-state index is -3.31. The van der Waals surface area contributed by atoms with E-state index in [1.165, 1.54) is 21.9 Å². The number of benzene rings is 2. The maximum atomic E-state index is 12.1. The van der Waals surface area contributed by atoms with Gasteiger partial charge in [0.25, 0.3) is 0 Å². The Morgan fingerprint density at radius 1 is 1.21 bits per heavy atom. The van der Waals surface area contributed by atoms with Crippen LogP contribution in [0.15, 0.2) is 47.8 Å². The summed E-state index contributed by atoms with van der Waals surface area (Å²) in [6.07, 6.45) is 1.89.